The standard InChI is InChI=1S/C32H33AsN2O5/c36-31(15-18-33-26-16-19-35(20-17-26)22-23-3-5-25(6-4-23)32(37)38)34-27-9-13-29(14-10-27)40-28-11-7-24(8-12-28)30-2-1-21-39-30/h1-14,21,26,33H,15-20,22H2,(H,34,36)(H,37,38). The molecule has 1 saturated heterocycles. The molecule has 1 fully saturated rings. The van der Waals surface area contributed by atoms with Crippen LogP contribution in [0.5, 0.6) is 11.5 Å². The number of aromatic carboxylic acids is 1. The second-order valence-electron chi connectivity index (χ2n) is 9.93. The molecule has 1 unspecified atom stereocenters. The number of carbonyl (C=O) groups is 2. The number of hydrogen-bond donors (Lipinski definition) is 2. The zero-order chi connectivity index (χ0) is 27.7. The van der Waals surface area contributed by atoms with Gasteiger partial charge < -0.3 is 4.42 Å². The van der Waals surface area contributed by atoms with E-state index in [0.717, 1.165) is 57.9 Å². The minimum absolute atomic E-state index is 0.0631. The molecule has 40 heavy (non-hydrogen) atoms. The van der Waals surface area contributed by atoms with Crippen molar-refractivity contribution in [1.82, 2.24) is 4.90 Å². The van der Waals surface area contributed by atoms with Gasteiger partial charge in [-0.1, -0.05) is 0 Å². The summed E-state index contributed by atoms with van der Waals surface area (Å²) in [6.45, 7) is 2.98. The van der Waals surface area contributed by atoms with Crippen LogP contribution >= 0.6 is 0 Å². The zero-order valence-corrected chi connectivity index (χ0v) is 24.3. The normalized spacial score (nSPS) is 14.4. The first kappa shape index (κ1) is 27.8. The van der Waals surface area contributed by atoms with Crippen molar-refractivity contribution in [3.05, 3.63) is 102 Å². The van der Waals surface area contributed by atoms with Crippen LogP contribution in [0.4, 0.5) is 5.69 Å². The summed E-state index contributed by atoms with van der Waals surface area (Å²) in [6.07, 6.45) is 4.59. The van der Waals surface area contributed by atoms with Crippen LogP contribution in [0, 0.1) is 0 Å². The Morgan fingerprint density at radius 2 is 1.60 bits per heavy atom. The second kappa shape index (κ2) is 13.5. The summed E-state index contributed by atoms with van der Waals surface area (Å²) in [5.41, 5.74) is 3.24. The molecule has 1 aliphatic heterocycles. The Labute approximate surface area is 240 Å². The van der Waals surface area contributed by atoms with Gasteiger partial charge in [0.2, 0.25) is 0 Å². The number of carboxylic acids is 1. The summed E-state index contributed by atoms with van der Waals surface area (Å²) >= 11 is -0.173. The van der Waals surface area contributed by atoms with Crippen molar-refractivity contribution in [2.24, 2.45) is 0 Å². The van der Waals surface area contributed by atoms with Gasteiger partial charge in [-0.3, -0.25) is 0 Å². The van der Waals surface area contributed by atoms with E-state index in [-0.39, 0.29) is 21.7 Å². The Hall–Kier alpha value is -3.80. The van der Waals surface area contributed by atoms with Gasteiger partial charge in [0.1, 0.15) is 5.76 Å². The fourth-order valence-electron chi connectivity index (χ4n) is 4.79. The molecule has 0 saturated carbocycles. The first-order valence-corrected chi connectivity index (χ1v) is 16.2. The first-order chi connectivity index (χ1) is 19.5. The van der Waals surface area contributed by atoms with Gasteiger partial charge in [0.25, 0.3) is 0 Å². The number of piperidine rings is 1. The topological polar surface area (TPSA) is 92.0 Å². The van der Waals surface area contributed by atoms with E-state index in [4.69, 9.17) is 14.3 Å². The van der Waals surface area contributed by atoms with Gasteiger partial charge in [0.05, 0.1) is 6.26 Å². The van der Waals surface area contributed by atoms with E-state index in [2.05, 4.69) is 10.2 Å². The van der Waals surface area contributed by atoms with Crippen molar-refractivity contribution in [3.8, 4) is 22.8 Å². The number of likely N-dealkylation sites (tertiary alicyclic amines) is 1. The van der Waals surface area contributed by atoms with E-state index >= 15 is 0 Å². The first-order valence-electron chi connectivity index (χ1n) is 13.5. The van der Waals surface area contributed by atoms with Crippen molar-refractivity contribution in [2.45, 2.75) is 35.7 Å². The molecule has 0 spiro atoms. The molecule has 1 atom stereocenters. The summed E-state index contributed by atoms with van der Waals surface area (Å²) in [5.74, 6) is 1.43. The molecule has 1 amide bonds. The number of nitrogens with zero attached hydrogens (tertiary/aromatic N) is 1. The fraction of sp³-hybridized carbons (Fsp3) is 0.250. The maximum absolute atomic E-state index is 12.5. The monoisotopic (exact) mass is 600 g/mol. The summed E-state index contributed by atoms with van der Waals surface area (Å²) in [7, 11) is 0. The molecule has 5 rings (SSSR count). The van der Waals surface area contributed by atoms with Gasteiger partial charge in [0, 0.05) is 5.56 Å². The number of benzene rings is 3. The van der Waals surface area contributed by atoms with Crippen molar-refractivity contribution in [1.29, 1.82) is 0 Å². The van der Waals surface area contributed by atoms with Crippen LogP contribution in [0.25, 0.3) is 11.3 Å². The van der Waals surface area contributed by atoms with Gasteiger partial charge >= 0.3 is 207 Å². The average molecular weight is 601 g/mol. The third kappa shape index (κ3) is 7.87. The Kier molecular flexibility index (Phi) is 9.37. The molecular weight excluding hydrogens is 567 g/mol. The molecule has 4 aromatic rings. The third-order valence-corrected chi connectivity index (χ3v) is 10.6. The van der Waals surface area contributed by atoms with Gasteiger partial charge in [0.15, 0.2) is 0 Å². The van der Waals surface area contributed by atoms with Crippen LogP contribution in [0.15, 0.2) is 95.6 Å². The summed E-state index contributed by atoms with van der Waals surface area (Å²) < 4.78 is 12.1. The zero-order valence-electron chi connectivity index (χ0n) is 22.2. The molecule has 7 nitrogen and oxygen atoms in total. The van der Waals surface area contributed by atoms with Crippen LogP contribution in [-0.4, -0.2) is 50.7 Å². The van der Waals surface area contributed by atoms with Gasteiger partial charge in [-0.05, 0) is 12.1 Å². The van der Waals surface area contributed by atoms with Crippen LogP contribution < -0.4 is 10.1 Å². The number of rotatable bonds is 11. The van der Waals surface area contributed by atoms with E-state index in [0.29, 0.717) is 17.7 Å². The van der Waals surface area contributed by atoms with Crippen molar-refractivity contribution >= 4 is 33.3 Å². The summed E-state index contributed by atoms with van der Waals surface area (Å²) in [6, 6.07) is 26.1. The number of anilines is 1. The molecule has 1 aromatic heterocycles. The fourth-order valence-corrected chi connectivity index (χ4v) is 7.83. The van der Waals surface area contributed by atoms with E-state index in [1.807, 2.05) is 72.8 Å². The van der Waals surface area contributed by atoms with Gasteiger partial charge in [-0.15, -0.1) is 0 Å². The van der Waals surface area contributed by atoms with Crippen molar-refractivity contribution < 1.29 is 23.8 Å². The number of carboxylic acid groups (broad SMARTS) is 1. The van der Waals surface area contributed by atoms with Crippen LogP contribution in [-0.2, 0) is 11.3 Å². The predicted molar refractivity (Wildman–Crippen MR) is 158 cm³/mol. The SMILES string of the molecule is O=C(CC[AsH]C1CCN(Cc2ccc(C(=O)O)cc2)CC1)Nc1ccc(Oc2ccc(-c3ccco3)cc2)cc1. The predicted octanol–water partition coefficient (Wildman–Crippen LogP) is 6.71. The second-order valence-corrected chi connectivity index (χ2v) is 13.6. The summed E-state index contributed by atoms with van der Waals surface area (Å²) in [4.78, 5) is 26.0. The number of furan rings is 1. The van der Waals surface area contributed by atoms with Gasteiger partial charge in [-0.2, -0.15) is 0 Å². The van der Waals surface area contributed by atoms with E-state index in [1.54, 1.807) is 18.4 Å². The molecule has 2 heterocycles. The van der Waals surface area contributed by atoms with E-state index in [1.165, 1.54) is 12.8 Å². The Morgan fingerprint density at radius 1 is 0.925 bits per heavy atom. The van der Waals surface area contributed by atoms with Crippen LogP contribution in [0.1, 0.15) is 35.2 Å². The molecule has 0 bridgehead atoms. The minimum atomic E-state index is -0.891. The molecule has 206 valence electrons. The Balaban J connectivity index is 0.984. The molecule has 0 radical (unpaired) electrons. The Morgan fingerprint density at radius 3 is 2.23 bits per heavy atom. The molecule has 2 N–H and O–H groups in total. The number of hydrogen-bond acceptors (Lipinski definition) is 5. The quantitative estimate of drug-likeness (QED) is 0.186. The Bertz CT molecular complexity index is 1380. The summed E-state index contributed by atoms with van der Waals surface area (Å²) in [5, 5.41) is 13.1. The average Bonchev–Trinajstić information content (AvgIpc) is 3.51. The number of nitrogens with one attached hydrogen (secondary N) is 1. The number of amides is 1. The molecule has 1 aliphatic rings. The third-order valence-electron chi connectivity index (χ3n) is 7.01. The number of ether oxygens (including phenoxy) is 1. The van der Waals surface area contributed by atoms with Crippen molar-refractivity contribution in [3.63, 3.8) is 0 Å². The maximum atomic E-state index is 12.5. The number of carbonyl (C=O) groups excluding carboxylic acids is 1. The van der Waals surface area contributed by atoms with Gasteiger partial charge in [-0.25, -0.2) is 0 Å². The van der Waals surface area contributed by atoms with Crippen LogP contribution in [0.3, 0.4) is 0 Å². The van der Waals surface area contributed by atoms with E-state index < -0.39 is 5.97 Å². The molecule has 0 aliphatic carbocycles. The molecular formula is C32H33AsN2O5. The molecule has 8 heteroatoms. The van der Waals surface area contributed by atoms with E-state index in [9.17, 15) is 9.59 Å². The molecule has 3 aromatic carbocycles. The van der Waals surface area contributed by atoms with Crippen LogP contribution in [0.2, 0.25) is 9.91 Å². The van der Waals surface area contributed by atoms with Crippen molar-refractivity contribution in [2.75, 3.05) is 18.4 Å².